The molecule has 2 aromatic rings. The van der Waals surface area contributed by atoms with Crippen molar-refractivity contribution in [2.24, 2.45) is 0 Å². The Balaban J connectivity index is 1.81. The fourth-order valence-electron chi connectivity index (χ4n) is 2.80. The smallest absolute Gasteiger partial charge is 0.144 e. The summed E-state index contributed by atoms with van der Waals surface area (Å²) in [6.45, 7) is 0. The number of nitrogens with zero attached hydrogens (tertiary/aromatic N) is 1. The Morgan fingerprint density at radius 1 is 1.26 bits per heavy atom. The van der Waals surface area contributed by atoms with Crippen LogP contribution in [0, 0.1) is 0 Å². The fourth-order valence-corrected chi connectivity index (χ4v) is 2.80. The van der Waals surface area contributed by atoms with E-state index in [-0.39, 0.29) is 11.7 Å². The molecular formula is C16H16N2O. The van der Waals surface area contributed by atoms with Crippen LogP contribution >= 0.6 is 0 Å². The lowest BCUT2D eigenvalue weighted by Gasteiger charge is -2.11. The van der Waals surface area contributed by atoms with Gasteiger partial charge in [0.2, 0.25) is 0 Å². The van der Waals surface area contributed by atoms with Crippen molar-refractivity contribution in [1.29, 1.82) is 0 Å². The number of aryl methyl sites for hydroxylation is 1. The molecular weight excluding hydrogens is 236 g/mol. The van der Waals surface area contributed by atoms with E-state index in [1.54, 1.807) is 6.20 Å². The number of carbonyl (C=O) groups excluding carboxylic acids is 1. The van der Waals surface area contributed by atoms with E-state index in [2.05, 4.69) is 17.1 Å². The summed E-state index contributed by atoms with van der Waals surface area (Å²) in [7, 11) is 0. The van der Waals surface area contributed by atoms with Crippen LogP contribution in [0.15, 0.2) is 42.6 Å². The van der Waals surface area contributed by atoms with E-state index in [0.717, 1.165) is 18.4 Å². The van der Waals surface area contributed by atoms with Crippen LogP contribution in [-0.4, -0.2) is 10.8 Å². The molecule has 1 aromatic carbocycles. The summed E-state index contributed by atoms with van der Waals surface area (Å²) in [6, 6.07) is 11.9. The van der Waals surface area contributed by atoms with Gasteiger partial charge in [-0.2, -0.15) is 0 Å². The first kappa shape index (κ1) is 11.9. The van der Waals surface area contributed by atoms with Gasteiger partial charge in [0.1, 0.15) is 11.6 Å². The van der Waals surface area contributed by atoms with Crippen LogP contribution in [0.25, 0.3) is 0 Å². The summed E-state index contributed by atoms with van der Waals surface area (Å²) in [5.41, 5.74) is 9.12. The van der Waals surface area contributed by atoms with Gasteiger partial charge in [0.15, 0.2) is 0 Å². The van der Waals surface area contributed by atoms with Gasteiger partial charge in [-0.25, -0.2) is 4.98 Å². The number of aromatic nitrogens is 1. The SMILES string of the molecule is Nc1ncccc1CC(=O)C1CCc2ccccc21. The number of hydrogen-bond donors (Lipinski definition) is 1. The van der Waals surface area contributed by atoms with Crippen LogP contribution in [0.2, 0.25) is 0 Å². The molecule has 0 spiro atoms. The molecule has 0 aliphatic heterocycles. The van der Waals surface area contributed by atoms with E-state index >= 15 is 0 Å². The van der Waals surface area contributed by atoms with Gasteiger partial charge in [-0.1, -0.05) is 30.3 Å². The predicted molar refractivity (Wildman–Crippen MR) is 74.9 cm³/mol. The Labute approximate surface area is 112 Å². The van der Waals surface area contributed by atoms with E-state index in [1.807, 2.05) is 24.3 Å². The summed E-state index contributed by atoms with van der Waals surface area (Å²) in [5, 5.41) is 0. The minimum absolute atomic E-state index is 0.0239. The monoisotopic (exact) mass is 252 g/mol. The average molecular weight is 252 g/mol. The highest BCUT2D eigenvalue weighted by Gasteiger charge is 2.28. The molecule has 1 unspecified atom stereocenters. The number of rotatable bonds is 3. The van der Waals surface area contributed by atoms with Crippen molar-refractivity contribution in [3.63, 3.8) is 0 Å². The number of pyridine rings is 1. The molecule has 0 amide bonds. The quantitative estimate of drug-likeness (QED) is 0.913. The molecule has 19 heavy (non-hydrogen) atoms. The predicted octanol–water partition coefficient (Wildman–Crippen LogP) is 2.51. The summed E-state index contributed by atoms with van der Waals surface area (Å²) < 4.78 is 0. The Bertz CT molecular complexity index is 622. The Kier molecular flexibility index (Phi) is 3.03. The molecule has 1 atom stereocenters. The lowest BCUT2D eigenvalue weighted by atomic mass is 9.93. The maximum Gasteiger partial charge on any atom is 0.144 e. The third-order valence-corrected chi connectivity index (χ3v) is 3.81. The van der Waals surface area contributed by atoms with Crippen LogP contribution in [0.4, 0.5) is 5.82 Å². The first-order valence-corrected chi connectivity index (χ1v) is 6.55. The molecule has 96 valence electrons. The fraction of sp³-hybridized carbons (Fsp3) is 0.250. The zero-order valence-corrected chi connectivity index (χ0v) is 10.7. The van der Waals surface area contributed by atoms with E-state index in [0.29, 0.717) is 12.2 Å². The molecule has 1 heterocycles. The van der Waals surface area contributed by atoms with Crippen molar-refractivity contribution in [3.8, 4) is 0 Å². The molecule has 0 saturated heterocycles. The lowest BCUT2D eigenvalue weighted by Crippen LogP contribution is -2.14. The van der Waals surface area contributed by atoms with Gasteiger partial charge in [-0.15, -0.1) is 0 Å². The largest absolute Gasteiger partial charge is 0.383 e. The van der Waals surface area contributed by atoms with Gasteiger partial charge in [-0.05, 0) is 30.0 Å². The minimum atomic E-state index is 0.0239. The van der Waals surface area contributed by atoms with Crippen molar-refractivity contribution in [3.05, 3.63) is 59.3 Å². The number of ketones is 1. The van der Waals surface area contributed by atoms with E-state index in [9.17, 15) is 4.79 Å². The number of fused-ring (bicyclic) bond motifs is 1. The van der Waals surface area contributed by atoms with Gasteiger partial charge in [0.05, 0.1) is 0 Å². The second kappa shape index (κ2) is 4.84. The molecule has 2 N–H and O–H groups in total. The van der Waals surface area contributed by atoms with E-state index in [4.69, 9.17) is 5.73 Å². The van der Waals surface area contributed by atoms with Gasteiger partial charge in [0.25, 0.3) is 0 Å². The molecule has 3 rings (SSSR count). The van der Waals surface area contributed by atoms with Gasteiger partial charge in [0, 0.05) is 24.1 Å². The van der Waals surface area contributed by atoms with Crippen molar-refractivity contribution in [2.45, 2.75) is 25.2 Å². The summed E-state index contributed by atoms with van der Waals surface area (Å²) in [5.74, 6) is 0.725. The molecule has 0 radical (unpaired) electrons. The summed E-state index contributed by atoms with van der Waals surface area (Å²) in [6.07, 6.45) is 3.93. The molecule has 3 heteroatoms. The average Bonchev–Trinajstić information content (AvgIpc) is 2.85. The highest BCUT2D eigenvalue weighted by Crippen LogP contribution is 2.34. The number of benzene rings is 1. The first-order valence-electron chi connectivity index (χ1n) is 6.55. The molecule has 0 bridgehead atoms. The lowest BCUT2D eigenvalue weighted by molar-refractivity contribution is -0.119. The molecule has 1 aliphatic rings. The van der Waals surface area contributed by atoms with Crippen molar-refractivity contribution in [1.82, 2.24) is 4.98 Å². The zero-order chi connectivity index (χ0) is 13.2. The zero-order valence-electron chi connectivity index (χ0n) is 10.7. The van der Waals surface area contributed by atoms with Crippen molar-refractivity contribution in [2.75, 3.05) is 5.73 Å². The Hall–Kier alpha value is -2.16. The van der Waals surface area contributed by atoms with Crippen LogP contribution in [0.1, 0.15) is 29.0 Å². The standard InChI is InChI=1S/C16H16N2O/c17-16-12(5-3-9-18-16)10-15(19)14-8-7-11-4-1-2-6-13(11)14/h1-6,9,14H,7-8,10H2,(H2,17,18). The summed E-state index contributed by atoms with van der Waals surface area (Å²) in [4.78, 5) is 16.5. The maximum atomic E-state index is 12.4. The van der Waals surface area contributed by atoms with Gasteiger partial charge in [-0.3, -0.25) is 4.79 Å². The topological polar surface area (TPSA) is 56.0 Å². The van der Waals surface area contributed by atoms with Gasteiger partial charge >= 0.3 is 0 Å². The number of nitrogen functional groups attached to an aromatic ring is 1. The number of hydrogen-bond acceptors (Lipinski definition) is 3. The van der Waals surface area contributed by atoms with Crippen LogP contribution in [-0.2, 0) is 17.6 Å². The summed E-state index contributed by atoms with van der Waals surface area (Å²) >= 11 is 0. The minimum Gasteiger partial charge on any atom is -0.383 e. The maximum absolute atomic E-state index is 12.4. The van der Waals surface area contributed by atoms with E-state index in [1.165, 1.54) is 11.1 Å². The molecule has 0 fully saturated rings. The van der Waals surface area contributed by atoms with E-state index < -0.39 is 0 Å². The van der Waals surface area contributed by atoms with Gasteiger partial charge < -0.3 is 5.73 Å². The number of nitrogens with two attached hydrogens (primary N) is 1. The Morgan fingerprint density at radius 2 is 2.11 bits per heavy atom. The van der Waals surface area contributed by atoms with Crippen LogP contribution in [0.3, 0.4) is 0 Å². The third-order valence-electron chi connectivity index (χ3n) is 3.81. The number of carbonyl (C=O) groups is 1. The van der Waals surface area contributed by atoms with Crippen molar-refractivity contribution >= 4 is 11.6 Å². The first-order chi connectivity index (χ1) is 9.25. The number of anilines is 1. The Morgan fingerprint density at radius 3 is 2.95 bits per heavy atom. The molecule has 1 aromatic heterocycles. The highest BCUT2D eigenvalue weighted by atomic mass is 16.1. The van der Waals surface area contributed by atoms with Crippen molar-refractivity contribution < 1.29 is 4.79 Å². The molecule has 1 aliphatic carbocycles. The molecule has 3 nitrogen and oxygen atoms in total. The van der Waals surface area contributed by atoms with Crippen LogP contribution in [0.5, 0.6) is 0 Å². The second-order valence-electron chi connectivity index (χ2n) is 4.98. The van der Waals surface area contributed by atoms with Crippen LogP contribution < -0.4 is 5.73 Å². The normalized spacial score (nSPS) is 17.2. The second-order valence-corrected chi connectivity index (χ2v) is 4.98. The highest BCUT2D eigenvalue weighted by molar-refractivity contribution is 5.89. The number of Topliss-reactive ketones (excluding diaryl/α,β-unsaturated/α-hetero) is 1. The third kappa shape index (κ3) is 2.24. The molecule has 0 saturated carbocycles.